The quantitative estimate of drug-likeness (QED) is 0.518. The molecule has 6 heteroatoms. The SMILES string of the molecule is O=C(COc1ccccc1)NC1C(=O)NC1CS. The zero-order valence-corrected chi connectivity index (χ0v) is 10.5. The number of nitrogens with one attached hydrogen (secondary N) is 2. The average molecular weight is 266 g/mol. The maximum atomic E-state index is 11.6. The number of carbonyl (C=O) groups excluding carboxylic acids is 2. The van der Waals surface area contributed by atoms with Gasteiger partial charge in [0.05, 0.1) is 6.04 Å². The summed E-state index contributed by atoms with van der Waals surface area (Å²) >= 11 is 4.08. The molecule has 2 amide bonds. The number of ether oxygens (including phenoxy) is 1. The van der Waals surface area contributed by atoms with Crippen molar-refractivity contribution in [1.29, 1.82) is 0 Å². The van der Waals surface area contributed by atoms with Gasteiger partial charge in [0.2, 0.25) is 5.91 Å². The van der Waals surface area contributed by atoms with Gasteiger partial charge in [-0.25, -0.2) is 0 Å². The minimum absolute atomic E-state index is 0.0958. The first-order valence-corrected chi connectivity index (χ1v) is 6.22. The van der Waals surface area contributed by atoms with Crippen molar-refractivity contribution in [3.63, 3.8) is 0 Å². The topological polar surface area (TPSA) is 67.4 Å². The molecule has 0 aliphatic carbocycles. The molecule has 18 heavy (non-hydrogen) atoms. The molecule has 0 bridgehead atoms. The van der Waals surface area contributed by atoms with Crippen LogP contribution in [0, 0.1) is 0 Å². The Labute approximate surface area is 110 Å². The molecular weight excluding hydrogens is 252 g/mol. The Morgan fingerprint density at radius 3 is 2.72 bits per heavy atom. The van der Waals surface area contributed by atoms with Gasteiger partial charge in [-0.05, 0) is 12.1 Å². The summed E-state index contributed by atoms with van der Waals surface area (Å²) in [4.78, 5) is 22.8. The Balaban J connectivity index is 1.77. The number of para-hydroxylation sites is 1. The maximum absolute atomic E-state index is 11.6. The number of thiol groups is 1. The molecule has 1 heterocycles. The number of carbonyl (C=O) groups is 2. The van der Waals surface area contributed by atoms with E-state index in [1.807, 2.05) is 18.2 Å². The summed E-state index contributed by atoms with van der Waals surface area (Å²) in [7, 11) is 0. The van der Waals surface area contributed by atoms with Gasteiger partial charge in [0.15, 0.2) is 6.61 Å². The third kappa shape index (κ3) is 2.95. The molecule has 96 valence electrons. The van der Waals surface area contributed by atoms with Gasteiger partial charge in [0.25, 0.3) is 5.91 Å². The predicted octanol–water partition coefficient (Wildman–Crippen LogP) is -0.0216. The first-order valence-electron chi connectivity index (χ1n) is 5.59. The van der Waals surface area contributed by atoms with E-state index in [1.165, 1.54) is 0 Å². The molecule has 2 unspecified atom stereocenters. The Bertz CT molecular complexity index is 438. The molecule has 1 fully saturated rings. The molecule has 0 aromatic heterocycles. The summed E-state index contributed by atoms with van der Waals surface area (Å²) in [6.07, 6.45) is 0. The van der Waals surface area contributed by atoms with Gasteiger partial charge in [-0.1, -0.05) is 18.2 Å². The lowest BCUT2D eigenvalue weighted by molar-refractivity contribution is -0.136. The second kappa shape index (κ2) is 5.77. The van der Waals surface area contributed by atoms with Crippen molar-refractivity contribution in [3.05, 3.63) is 30.3 Å². The van der Waals surface area contributed by atoms with Gasteiger partial charge in [-0.15, -0.1) is 0 Å². The van der Waals surface area contributed by atoms with Gasteiger partial charge in [-0.3, -0.25) is 9.59 Å². The number of β-lactam (4-membered cyclic amide) rings is 1. The van der Waals surface area contributed by atoms with Crippen LogP contribution in [0.2, 0.25) is 0 Å². The molecule has 2 rings (SSSR count). The molecular formula is C12H14N2O3S. The lowest BCUT2D eigenvalue weighted by Gasteiger charge is -2.36. The smallest absolute Gasteiger partial charge is 0.258 e. The van der Waals surface area contributed by atoms with E-state index in [1.54, 1.807) is 12.1 Å². The van der Waals surface area contributed by atoms with Crippen LogP contribution in [0.4, 0.5) is 0 Å². The van der Waals surface area contributed by atoms with Crippen molar-refractivity contribution >= 4 is 24.4 Å². The van der Waals surface area contributed by atoms with Crippen LogP contribution in [-0.2, 0) is 9.59 Å². The molecule has 2 atom stereocenters. The standard InChI is InChI=1S/C12H14N2O3S/c15-10(6-17-8-4-2-1-3-5-8)14-11-9(7-18)13-12(11)16/h1-5,9,11,18H,6-7H2,(H,13,16)(H,14,15). The highest BCUT2D eigenvalue weighted by Crippen LogP contribution is 2.09. The van der Waals surface area contributed by atoms with E-state index in [-0.39, 0.29) is 24.5 Å². The van der Waals surface area contributed by atoms with E-state index in [9.17, 15) is 9.59 Å². The molecule has 0 saturated carbocycles. The van der Waals surface area contributed by atoms with Crippen LogP contribution in [0.15, 0.2) is 30.3 Å². The zero-order valence-electron chi connectivity index (χ0n) is 9.63. The first-order chi connectivity index (χ1) is 8.70. The minimum atomic E-state index is -0.491. The van der Waals surface area contributed by atoms with Crippen molar-refractivity contribution in [2.24, 2.45) is 0 Å². The summed E-state index contributed by atoms with van der Waals surface area (Å²) in [5.41, 5.74) is 0. The summed E-state index contributed by atoms with van der Waals surface area (Å²) in [5.74, 6) is 0.625. The van der Waals surface area contributed by atoms with E-state index in [2.05, 4.69) is 23.3 Å². The lowest BCUT2D eigenvalue weighted by Crippen LogP contribution is -2.70. The highest BCUT2D eigenvalue weighted by Gasteiger charge is 2.39. The Morgan fingerprint density at radius 2 is 2.11 bits per heavy atom. The van der Waals surface area contributed by atoms with Crippen molar-refractivity contribution in [2.75, 3.05) is 12.4 Å². The Hall–Kier alpha value is -1.69. The van der Waals surface area contributed by atoms with Crippen molar-refractivity contribution < 1.29 is 14.3 Å². The highest BCUT2D eigenvalue weighted by molar-refractivity contribution is 7.80. The van der Waals surface area contributed by atoms with Crippen LogP contribution in [-0.4, -0.2) is 36.3 Å². The van der Waals surface area contributed by atoms with Gasteiger partial charge in [-0.2, -0.15) is 12.6 Å². The van der Waals surface area contributed by atoms with Crippen molar-refractivity contribution in [1.82, 2.24) is 10.6 Å². The molecule has 0 radical (unpaired) electrons. The van der Waals surface area contributed by atoms with Gasteiger partial charge >= 0.3 is 0 Å². The lowest BCUT2D eigenvalue weighted by atomic mass is 10.0. The maximum Gasteiger partial charge on any atom is 0.258 e. The number of hydrogen-bond donors (Lipinski definition) is 3. The molecule has 5 nitrogen and oxygen atoms in total. The molecule has 1 saturated heterocycles. The number of hydrogen-bond acceptors (Lipinski definition) is 4. The third-order valence-electron chi connectivity index (χ3n) is 2.64. The summed E-state index contributed by atoms with van der Waals surface area (Å²) in [6, 6.07) is 8.45. The third-order valence-corrected chi connectivity index (χ3v) is 3.03. The average Bonchev–Trinajstić information content (AvgIpc) is 2.41. The largest absolute Gasteiger partial charge is 0.484 e. The number of rotatable bonds is 5. The Kier molecular flexibility index (Phi) is 4.09. The summed E-state index contributed by atoms with van der Waals surface area (Å²) in [5, 5.41) is 5.26. The van der Waals surface area contributed by atoms with E-state index >= 15 is 0 Å². The van der Waals surface area contributed by atoms with E-state index in [0.29, 0.717) is 11.5 Å². The van der Waals surface area contributed by atoms with Crippen LogP contribution in [0.25, 0.3) is 0 Å². The highest BCUT2D eigenvalue weighted by atomic mass is 32.1. The Morgan fingerprint density at radius 1 is 1.39 bits per heavy atom. The normalized spacial score (nSPS) is 21.7. The van der Waals surface area contributed by atoms with E-state index in [0.717, 1.165) is 0 Å². The van der Waals surface area contributed by atoms with Crippen molar-refractivity contribution in [2.45, 2.75) is 12.1 Å². The van der Waals surface area contributed by atoms with Crippen LogP contribution in [0.1, 0.15) is 0 Å². The number of amides is 2. The molecule has 0 spiro atoms. The monoisotopic (exact) mass is 266 g/mol. The molecule has 2 N–H and O–H groups in total. The predicted molar refractivity (Wildman–Crippen MR) is 69.7 cm³/mol. The fourth-order valence-corrected chi connectivity index (χ4v) is 1.94. The zero-order chi connectivity index (χ0) is 13.0. The van der Waals surface area contributed by atoms with E-state index < -0.39 is 6.04 Å². The summed E-state index contributed by atoms with van der Waals surface area (Å²) in [6.45, 7) is -0.104. The molecule has 1 aliphatic heterocycles. The summed E-state index contributed by atoms with van der Waals surface area (Å²) < 4.78 is 5.28. The second-order valence-corrected chi connectivity index (χ2v) is 4.31. The van der Waals surface area contributed by atoms with Crippen LogP contribution in [0.5, 0.6) is 5.75 Å². The fourth-order valence-electron chi connectivity index (χ4n) is 1.64. The first kappa shape index (κ1) is 12.8. The van der Waals surface area contributed by atoms with Crippen LogP contribution < -0.4 is 15.4 Å². The molecule has 1 aromatic rings. The number of benzene rings is 1. The van der Waals surface area contributed by atoms with Crippen LogP contribution >= 0.6 is 12.6 Å². The van der Waals surface area contributed by atoms with Gasteiger partial charge in [0, 0.05) is 5.75 Å². The minimum Gasteiger partial charge on any atom is -0.484 e. The van der Waals surface area contributed by atoms with E-state index in [4.69, 9.17) is 4.74 Å². The van der Waals surface area contributed by atoms with Gasteiger partial charge in [0.1, 0.15) is 11.8 Å². The fraction of sp³-hybridized carbons (Fsp3) is 0.333. The second-order valence-electron chi connectivity index (χ2n) is 3.94. The molecule has 1 aromatic carbocycles. The van der Waals surface area contributed by atoms with Gasteiger partial charge < -0.3 is 15.4 Å². The van der Waals surface area contributed by atoms with Crippen LogP contribution in [0.3, 0.4) is 0 Å². The molecule has 1 aliphatic rings. The van der Waals surface area contributed by atoms with Crippen molar-refractivity contribution in [3.8, 4) is 5.75 Å².